The zero-order valence-electron chi connectivity index (χ0n) is 15.9. The number of rotatable bonds is 4. The summed E-state index contributed by atoms with van der Waals surface area (Å²) in [4.78, 5) is 48.6. The molecule has 160 valence electrons. The predicted molar refractivity (Wildman–Crippen MR) is 111 cm³/mol. The first-order valence-corrected chi connectivity index (χ1v) is 9.33. The van der Waals surface area contributed by atoms with Gasteiger partial charge in [-0.25, -0.2) is 14.1 Å². The lowest BCUT2D eigenvalue weighted by Crippen LogP contribution is -2.54. The van der Waals surface area contributed by atoms with Gasteiger partial charge in [0.1, 0.15) is 22.9 Å². The van der Waals surface area contributed by atoms with Gasteiger partial charge in [-0.15, -0.1) is 0 Å². The minimum Gasteiger partial charge on any atom is -0.456 e. The summed E-state index contributed by atoms with van der Waals surface area (Å²) < 4.78 is 18.8. The molecule has 0 bridgehead atoms. The Kier molecular flexibility index (Phi) is 5.29. The third-order valence-corrected chi connectivity index (χ3v) is 4.76. The molecule has 11 heteroatoms. The van der Waals surface area contributed by atoms with Crippen molar-refractivity contribution in [3.63, 3.8) is 0 Å². The first-order chi connectivity index (χ1) is 15.2. The maximum Gasteiger partial charge on any atom is 0.335 e. The van der Waals surface area contributed by atoms with Crippen LogP contribution in [0.1, 0.15) is 5.76 Å². The molecule has 0 unspecified atom stereocenters. The molecule has 1 aromatic heterocycles. The maximum atomic E-state index is 13.2. The first kappa shape index (κ1) is 20.9. The van der Waals surface area contributed by atoms with E-state index in [4.69, 9.17) is 16.0 Å². The number of nitro groups is 1. The van der Waals surface area contributed by atoms with Gasteiger partial charge in [-0.05, 0) is 54.6 Å². The van der Waals surface area contributed by atoms with Crippen LogP contribution in [0.2, 0.25) is 5.02 Å². The number of hydrogen-bond donors (Lipinski definition) is 1. The smallest absolute Gasteiger partial charge is 0.335 e. The van der Waals surface area contributed by atoms with Crippen LogP contribution in [0.5, 0.6) is 0 Å². The Bertz CT molecular complexity index is 1320. The lowest BCUT2D eigenvalue weighted by Gasteiger charge is -2.26. The molecule has 9 nitrogen and oxygen atoms in total. The van der Waals surface area contributed by atoms with Gasteiger partial charge in [0.15, 0.2) is 0 Å². The van der Waals surface area contributed by atoms with Crippen LogP contribution in [-0.2, 0) is 9.59 Å². The Labute approximate surface area is 183 Å². The summed E-state index contributed by atoms with van der Waals surface area (Å²) in [6.45, 7) is 0. The lowest BCUT2D eigenvalue weighted by atomic mass is 10.1. The highest BCUT2D eigenvalue weighted by Crippen LogP contribution is 2.34. The van der Waals surface area contributed by atoms with E-state index in [2.05, 4.69) is 0 Å². The second-order valence-corrected chi connectivity index (χ2v) is 6.99. The zero-order chi connectivity index (χ0) is 23.0. The summed E-state index contributed by atoms with van der Waals surface area (Å²) in [5.41, 5.74) is -0.498. The molecular formula is C21H11ClFN3O6. The average Bonchev–Trinajstić information content (AvgIpc) is 3.20. The second kappa shape index (κ2) is 8.08. The number of carbonyl (C=O) groups excluding carboxylic acids is 3. The number of benzene rings is 2. The van der Waals surface area contributed by atoms with Crippen molar-refractivity contribution < 1.29 is 28.1 Å². The molecule has 0 spiro atoms. The van der Waals surface area contributed by atoms with Gasteiger partial charge in [0.05, 0.1) is 16.2 Å². The molecule has 2 aromatic carbocycles. The fourth-order valence-electron chi connectivity index (χ4n) is 3.06. The quantitative estimate of drug-likeness (QED) is 0.270. The van der Waals surface area contributed by atoms with E-state index >= 15 is 0 Å². The summed E-state index contributed by atoms with van der Waals surface area (Å²) >= 11 is 5.82. The van der Waals surface area contributed by atoms with Crippen LogP contribution in [0.25, 0.3) is 17.4 Å². The normalized spacial score (nSPS) is 15.2. The first-order valence-electron chi connectivity index (χ1n) is 8.96. The van der Waals surface area contributed by atoms with E-state index in [0.29, 0.717) is 4.90 Å². The molecule has 1 N–H and O–H groups in total. The summed E-state index contributed by atoms with van der Waals surface area (Å²) in [6.07, 6.45) is 1.10. The van der Waals surface area contributed by atoms with Crippen molar-refractivity contribution in [2.75, 3.05) is 4.90 Å². The number of barbiturate groups is 1. The van der Waals surface area contributed by atoms with Gasteiger partial charge >= 0.3 is 6.03 Å². The molecule has 4 amide bonds. The standard InChI is InChI=1S/C21H11ClFN3O6/c22-11-1-7-15(17(9-11)26(30)31)18-8-6-14(32-18)10-16-19(27)24-21(29)25(20(16)28)13-4-2-12(23)3-5-13/h1-10H,(H,24,27,29). The predicted octanol–water partition coefficient (Wildman–Crippen LogP) is 4.31. The number of nitro benzene ring substituents is 1. The van der Waals surface area contributed by atoms with Gasteiger partial charge in [-0.2, -0.15) is 0 Å². The summed E-state index contributed by atoms with van der Waals surface area (Å²) in [7, 11) is 0. The van der Waals surface area contributed by atoms with E-state index in [1.807, 2.05) is 5.32 Å². The van der Waals surface area contributed by atoms with E-state index in [-0.39, 0.29) is 33.5 Å². The van der Waals surface area contributed by atoms with Gasteiger partial charge in [0, 0.05) is 11.1 Å². The molecule has 1 fully saturated rings. The minimum absolute atomic E-state index is 0.0381. The van der Waals surface area contributed by atoms with Crippen molar-refractivity contribution in [1.82, 2.24) is 5.32 Å². The van der Waals surface area contributed by atoms with Gasteiger partial charge < -0.3 is 4.42 Å². The molecule has 0 saturated carbocycles. The highest BCUT2D eigenvalue weighted by atomic mass is 35.5. The van der Waals surface area contributed by atoms with Crippen LogP contribution >= 0.6 is 11.6 Å². The SMILES string of the molecule is O=C1NC(=O)N(c2ccc(F)cc2)C(=O)C1=Cc1ccc(-c2ccc(Cl)cc2[N+](=O)[O-])o1. The van der Waals surface area contributed by atoms with E-state index in [9.17, 15) is 28.9 Å². The zero-order valence-corrected chi connectivity index (χ0v) is 16.6. The Morgan fingerprint density at radius 2 is 1.78 bits per heavy atom. The molecule has 4 rings (SSSR count). The number of nitrogens with zero attached hydrogens (tertiary/aromatic N) is 2. The van der Waals surface area contributed by atoms with Crippen LogP contribution in [-0.4, -0.2) is 22.8 Å². The van der Waals surface area contributed by atoms with Gasteiger partial charge in [-0.3, -0.25) is 25.0 Å². The van der Waals surface area contributed by atoms with E-state index in [1.54, 1.807) is 0 Å². The Morgan fingerprint density at radius 3 is 2.47 bits per heavy atom. The Morgan fingerprint density at radius 1 is 1.06 bits per heavy atom. The highest BCUT2D eigenvalue weighted by Gasteiger charge is 2.37. The number of hydrogen-bond acceptors (Lipinski definition) is 6. The van der Waals surface area contributed by atoms with E-state index in [0.717, 1.165) is 18.2 Å². The minimum atomic E-state index is -0.985. The van der Waals surface area contributed by atoms with Crippen molar-refractivity contribution in [2.24, 2.45) is 0 Å². The van der Waals surface area contributed by atoms with Crippen LogP contribution in [0, 0.1) is 15.9 Å². The molecule has 1 saturated heterocycles. The summed E-state index contributed by atoms with van der Waals surface area (Å²) in [5, 5.41) is 13.5. The number of carbonyl (C=O) groups is 3. The number of imide groups is 2. The monoisotopic (exact) mass is 455 g/mol. The Hall–Kier alpha value is -4.31. The highest BCUT2D eigenvalue weighted by molar-refractivity contribution is 6.39. The topological polar surface area (TPSA) is 123 Å². The number of halogens is 2. The van der Waals surface area contributed by atoms with Crippen molar-refractivity contribution in [2.45, 2.75) is 0 Å². The molecule has 0 aliphatic carbocycles. The van der Waals surface area contributed by atoms with Crippen molar-refractivity contribution in [3.05, 3.63) is 86.9 Å². The molecule has 1 aliphatic heterocycles. The molecule has 32 heavy (non-hydrogen) atoms. The van der Waals surface area contributed by atoms with Gasteiger partial charge in [-0.1, -0.05) is 11.6 Å². The molecule has 3 aromatic rings. The number of furan rings is 1. The second-order valence-electron chi connectivity index (χ2n) is 6.55. The number of nitrogens with one attached hydrogen (secondary N) is 1. The van der Waals surface area contributed by atoms with Crippen LogP contribution in [0.15, 0.2) is 64.6 Å². The maximum absolute atomic E-state index is 13.2. The molecular weight excluding hydrogens is 445 g/mol. The average molecular weight is 456 g/mol. The number of urea groups is 1. The van der Waals surface area contributed by atoms with Gasteiger partial charge in [0.2, 0.25) is 0 Å². The van der Waals surface area contributed by atoms with Crippen LogP contribution < -0.4 is 10.2 Å². The third kappa shape index (κ3) is 3.86. The van der Waals surface area contributed by atoms with Crippen molar-refractivity contribution in [1.29, 1.82) is 0 Å². The van der Waals surface area contributed by atoms with E-state index in [1.165, 1.54) is 42.5 Å². The fourth-order valence-corrected chi connectivity index (χ4v) is 3.23. The largest absolute Gasteiger partial charge is 0.456 e. The summed E-state index contributed by atoms with van der Waals surface area (Å²) in [5.74, 6) is -2.31. The van der Waals surface area contributed by atoms with Gasteiger partial charge in [0.25, 0.3) is 17.5 Å². The molecule has 0 atom stereocenters. The van der Waals surface area contributed by atoms with Crippen LogP contribution in [0.3, 0.4) is 0 Å². The Balaban J connectivity index is 1.70. The fraction of sp³-hybridized carbons (Fsp3) is 0. The molecule has 1 aliphatic rings. The van der Waals surface area contributed by atoms with E-state index < -0.39 is 34.2 Å². The van der Waals surface area contributed by atoms with Crippen LogP contribution in [0.4, 0.5) is 20.6 Å². The van der Waals surface area contributed by atoms with Crippen molar-refractivity contribution in [3.8, 4) is 11.3 Å². The number of amides is 4. The third-order valence-electron chi connectivity index (χ3n) is 4.52. The molecule has 2 heterocycles. The summed E-state index contributed by atoms with van der Waals surface area (Å²) in [6, 6.07) is 10.4. The number of anilines is 1. The lowest BCUT2D eigenvalue weighted by molar-refractivity contribution is -0.384. The van der Waals surface area contributed by atoms with Crippen molar-refractivity contribution >= 4 is 46.9 Å². The molecule has 0 radical (unpaired) electrons.